The molecule has 2 N–H and O–H groups in total. The minimum absolute atomic E-state index is 0.0336. The number of likely N-dealkylation sites (N-methyl/N-ethyl adjacent to an activating group) is 2. The number of morpholine rings is 2. The quantitative estimate of drug-likeness (QED) is 0.223. The molecule has 4 fully saturated rings. The first-order chi connectivity index (χ1) is 34.0. The molecule has 0 spiro atoms. The Balaban J connectivity index is 0.000000152. The lowest BCUT2D eigenvalue weighted by atomic mass is 10.1. The number of carbonyl (C=O) groups excluding carboxylic acids is 6. The number of amides is 6. The summed E-state index contributed by atoms with van der Waals surface area (Å²) in [5.74, 6) is -1.02. The van der Waals surface area contributed by atoms with Gasteiger partial charge in [0.05, 0.1) is 61.6 Å². The second-order valence-corrected chi connectivity index (χ2v) is 18.0. The van der Waals surface area contributed by atoms with Crippen LogP contribution in [0.2, 0.25) is 0 Å². The van der Waals surface area contributed by atoms with Crippen molar-refractivity contribution in [2.24, 2.45) is 0 Å². The third-order valence-corrected chi connectivity index (χ3v) is 13.9. The van der Waals surface area contributed by atoms with Crippen molar-refractivity contribution in [2.75, 3.05) is 100 Å². The van der Waals surface area contributed by atoms with E-state index in [0.717, 1.165) is 22.5 Å². The van der Waals surface area contributed by atoms with Gasteiger partial charge in [0.25, 0.3) is 23.6 Å². The van der Waals surface area contributed by atoms with E-state index >= 15 is 0 Å². The van der Waals surface area contributed by atoms with Crippen LogP contribution >= 0.6 is 0 Å². The summed E-state index contributed by atoms with van der Waals surface area (Å²) in [6.07, 6.45) is 10.9. The Morgan fingerprint density at radius 3 is 1.39 bits per heavy atom. The average molecular weight is 951 g/mol. The van der Waals surface area contributed by atoms with Crippen molar-refractivity contribution in [3.63, 3.8) is 0 Å². The molecule has 6 amide bonds. The van der Waals surface area contributed by atoms with Crippen molar-refractivity contribution >= 4 is 69.5 Å². The number of nitrogens with zero attached hydrogens (tertiary/aromatic N) is 12. The molecule has 2 atom stereocenters. The number of rotatable bonds is 8. The van der Waals surface area contributed by atoms with Gasteiger partial charge in [-0.1, -0.05) is 0 Å². The molecular formula is C48H50N14O8. The van der Waals surface area contributed by atoms with Gasteiger partial charge in [0, 0.05) is 102 Å². The number of nitrogens with one attached hydrogen (secondary N) is 2. The molecule has 360 valence electrons. The fourth-order valence-electron chi connectivity index (χ4n) is 10.1. The molecule has 0 bridgehead atoms. The molecule has 6 aliphatic heterocycles. The molecule has 4 saturated heterocycles. The predicted molar refractivity (Wildman–Crippen MR) is 253 cm³/mol. The summed E-state index contributed by atoms with van der Waals surface area (Å²) in [6.45, 7) is 6.76. The summed E-state index contributed by atoms with van der Waals surface area (Å²) in [7, 11) is 3.52. The van der Waals surface area contributed by atoms with Crippen LogP contribution < -0.4 is 20.4 Å². The van der Waals surface area contributed by atoms with Crippen molar-refractivity contribution < 1.29 is 38.2 Å². The summed E-state index contributed by atoms with van der Waals surface area (Å²) in [6, 6.07) is 10.00. The number of aromatic nitrogens is 6. The molecular weight excluding hydrogens is 901 g/mol. The fourth-order valence-corrected chi connectivity index (χ4v) is 10.1. The van der Waals surface area contributed by atoms with Gasteiger partial charge in [-0.25, -0.2) is 19.0 Å². The van der Waals surface area contributed by atoms with Crippen LogP contribution in [-0.4, -0.2) is 176 Å². The van der Waals surface area contributed by atoms with Crippen LogP contribution in [0.5, 0.6) is 0 Å². The number of hydrogen-bond acceptors (Lipinski definition) is 14. The highest BCUT2D eigenvalue weighted by molar-refractivity contribution is 6.12. The van der Waals surface area contributed by atoms with Gasteiger partial charge in [0.1, 0.15) is 23.2 Å². The number of fused-ring (bicyclic) bond motifs is 4. The van der Waals surface area contributed by atoms with E-state index in [0.29, 0.717) is 137 Å². The van der Waals surface area contributed by atoms with Crippen molar-refractivity contribution in [1.82, 2.24) is 48.8 Å². The lowest BCUT2D eigenvalue weighted by Gasteiger charge is -2.31. The van der Waals surface area contributed by atoms with E-state index in [1.165, 1.54) is 12.4 Å². The summed E-state index contributed by atoms with van der Waals surface area (Å²) < 4.78 is 14.1. The largest absolute Gasteiger partial charge is 0.378 e. The van der Waals surface area contributed by atoms with Crippen LogP contribution in [-0.2, 0) is 32.2 Å². The molecule has 0 unspecified atom stereocenters. The van der Waals surface area contributed by atoms with Crippen molar-refractivity contribution in [3.8, 4) is 0 Å². The van der Waals surface area contributed by atoms with Gasteiger partial charge in [0.15, 0.2) is 11.3 Å². The summed E-state index contributed by atoms with van der Waals surface area (Å²) >= 11 is 0. The monoisotopic (exact) mass is 950 g/mol. The molecule has 70 heavy (non-hydrogen) atoms. The topological polar surface area (TPSA) is 225 Å². The highest BCUT2D eigenvalue weighted by atomic mass is 16.5. The van der Waals surface area contributed by atoms with E-state index in [1.54, 1.807) is 79.6 Å². The number of anilines is 4. The highest BCUT2D eigenvalue weighted by Gasteiger charge is 2.43. The molecule has 6 aliphatic rings. The molecule has 12 rings (SSSR count). The minimum atomic E-state index is -0.449. The Kier molecular flexibility index (Phi) is 11.6. The van der Waals surface area contributed by atoms with Crippen molar-refractivity contribution in [1.29, 1.82) is 0 Å². The summed E-state index contributed by atoms with van der Waals surface area (Å²) in [5, 5.41) is 14.5. The first-order valence-electron chi connectivity index (χ1n) is 23.3. The number of carbonyl (C=O) groups is 6. The molecule has 22 nitrogen and oxygen atoms in total. The maximum atomic E-state index is 13.3. The molecule has 10 heterocycles. The summed E-state index contributed by atoms with van der Waals surface area (Å²) in [4.78, 5) is 97.8. The van der Waals surface area contributed by atoms with Crippen LogP contribution in [0.1, 0.15) is 65.4 Å². The van der Waals surface area contributed by atoms with Gasteiger partial charge in [-0.05, 0) is 60.4 Å². The van der Waals surface area contributed by atoms with E-state index in [1.807, 2.05) is 24.3 Å². The number of hydrogen-bond donors (Lipinski definition) is 2. The van der Waals surface area contributed by atoms with Gasteiger partial charge in [-0.15, -0.1) is 0 Å². The third kappa shape index (κ3) is 7.96. The molecule has 22 heteroatoms. The smallest absolute Gasteiger partial charge is 0.261 e. The molecule has 6 aromatic rings. The Morgan fingerprint density at radius 1 is 0.586 bits per heavy atom. The second kappa shape index (κ2) is 18.2. The van der Waals surface area contributed by atoms with E-state index in [-0.39, 0.29) is 35.4 Å². The van der Waals surface area contributed by atoms with Crippen LogP contribution in [0.4, 0.5) is 22.7 Å². The van der Waals surface area contributed by atoms with Gasteiger partial charge >= 0.3 is 0 Å². The van der Waals surface area contributed by atoms with E-state index in [9.17, 15) is 28.8 Å². The van der Waals surface area contributed by atoms with Crippen molar-refractivity contribution in [3.05, 3.63) is 107 Å². The maximum absolute atomic E-state index is 13.3. The van der Waals surface area contributed by atoms with Crippen molar-refractivity contribution in [2.45, 2.75) is 38.0 Å². The van der Waals surface area contributed by atoms with E-state index < -0.39 is 12.1 Å². The minimum Gasteiger partial charge on any atom is -0.378 e. The van der Waals surface area contributed by atoms with Crippen LogP contribution in [0, 0.1) is 0 Å². The molecule has 0 radical (unpaired) electrons. The lowest BCUT2D eigenvalue weighted by molar-refractivity contribution is -0.131. The Bertz CT molecular complexity index is 2900. The second-order valence-electron chi connectivity index (χ2n) is 18.0. The van der Waals surface area contributed by atoms with Crippen LogP contribution in [0.15, 0.2) is 73.6 Å². The molecule has 2 aromatic carbocycles. The highest BCUT2D eigenvalue weighted by Crippen LogP contribution is 2.39. The zero-order chi connectivity index (χ0) is 48.2. The van der Waals surface area contributed by atoms with Crippen LogP contribution in [0.3, 0.4) is 0 Å². The number of benzene rings is 2. The maximum Gasteiger partial charge on any atom is 0.261 e. The average Bonchev–Trinajstić information content (AvgIpc) is 4.25. The number of likely N-dealkylation sites (tertiary alicyclic amines) is 2. The van der Waals surface area contributed by atoms with E-state index in [2.05, 4.69) is 40.6 Å². The Morgan fingerprint density at radius 2 is 1.00 bits per heavy atom. The Hall–Kier alpha value is -7.98. The predicted octanol–water partition coefficient (Wildman–Crippen LogP) is 2.01. The fraction of sp³-hybridized carbons (Fsp3) is 0.375. The standard InChI is InChI=1S/2C24H25N7O4/c2*1-28-6-3-19(24(28)34)30-14-15-11-18(20(12-16(15)23(30)33)29-7-9-35-10-8-29)27-22(32)17-13-26-31-5-2-4-25-21(17)31/h2*2,4-5,11-13,19H,3,6-10,14H2,1H3,(H,27,32)/t2*19-/m10/s1. The lowest BCUT2D eigenvalue weighted by Crippen LogP contribution is -2.41. The Labute approximate surface area is 400 Å². The van der Waals surface area contributed by atoms with Gasteiger partial charge < -0.3 is 49.5 Å². The zero-order valence-electron chi connectivity index (χ0n) is 38.6. The third-order valence-electron chi connectivity index (χ3n) is 13.9. The molecule has 0 aliphatic carbocycles. The first-order valence-corrected chi connectivity index (χ1v) is 23.3. The SMILES string of the molecule is CN1CC[C@@H](N2Cc3cc(NC(=O)c4cnn5cccnc45)c(N4CCOCC4)cc3C2=O)C1=O.CN1CC[C@H](N2Cc3cc(NC(=O)c4cnn5cccnc45)c(N4CCOCC4)cc3C2=O)C1=O. The molecule has 4 aromatic heterocycles. The van der Waals surface area contributed by atoms with E-state index in [4.69, 9.17) is 9.47 Å². The number of ether oxygens (including phenoxy) is 2. The first kappa shape index (κ1) is 44.5. The van der Waals surface area contributed by atoms with Crippen LogP contribution in [0.25, 0.3) is 11.3 Å². The van der Waals surface area contributed by atoms with Gasteiger partial charge in [0.2, 0.25) is 11.8 Å². The van der Waals surface area contributed by atoms with Gasteiger partial charge in [-0.3, -0.25) is 28.8 Å². The van der Waals surface area contributed by atoms with Gasteiger partial charge in [-0.2, -0.15) is 10.2 Å². The molecule has 0 saturated carbocycles. The zero-order valence-corrected chi connectivity index (χ0v) is 38.6. The summed E-state index contributed by atoms with van der Waals surface area (Å²) in [5.41, 5.74) is 7.11. The normalized spacial score (nSPS) is 20.1.